The average Bonchev–Trinajstić information content (AvgIpc) is 2.83. The van der Waals surface area contributed by atoms with Gasteiger partial charge in [-0.3, -0.25) is 0 Å². The third-order valence-corrected chi connectivity index (χ3v) is 5.78. The Bertz CT molecular complexity index is 1050. The van der Waals surface area contributed by atoms with Crippen LogP contribution < -0.4 is 14.2 Å². The molecular formula is C29H33FO3. The molecule has 33 heavy (non-hydrogen) atoms. The van der Waals surface area contributed by atoms with Gasteiger partial charge >= 0.3 is 0 Å². The van der Waals surface area contributed by atoms with Crippen molar-refractivity contribution < 1.29 is 18.6 Å². The van der Waals surface area contributed by atoms with E-state index < -0.39 is 0 Å². The number of ether oxygens (including phenoxy) is 3. The first-order valence-electron chi connectivity index (χ1n) is 11.5. The van der Waals surface area contributed by atoms with E-state index >= 15 is 0 Å². The molecular weight excluding hydrogens is 415 g/mol. The summed E-state index contributed by atoms with van der Waals surface area (Å²) in [7, 11) is 0. The molecule has 174 valence electrons. The van der Waals surface area contributed by atoms with E-state index in [1.54, 1.807) is 6.07 Å². The predicted octanol–water partition coefficient (Wildman–Crippen LogP) is 7.88. The average molecular weight is 449 g/mol. The van der Waals surface area contributed by atoms with Gasteiger partial charge in [0.1, 0.15) is 5.75 Å². The summed E-state index contributed by atoms with van der Waals surface area (Å²) < 4.78 is 31.5. The Kier molecular flexibility index (Phi) is 8.53. The summed E-state index contributed by atoms with van der Waals surface area (Å²) in [4.78, 5) is 0. The molecule has 0 saturated carbocycles. The van der Waals surface area contributed by atoms with E-state index in [-0.39, 0.29) is 17.0 Å². The molecule has 1 unspecified atom stereocenters. The summed E-state index contributed by atoms with van der Waals surface area (Å²) in [5, 5.41) is 0. The van der Waals surface area contributed by atoms with Crippen LogP contribution in [0.2, 0.25) is 0 Å². The summed E-state index contributed by atoms with van der Waals surface area (Å²) in [6.07, 6.45) is 4.61. The van der Waals surface area contributed by atoms with Crippen LogP contribution in [-0.2, 0) is 11.8 Å². The number of hydrogen-bond acceptors (Lipinski definition) is 3. The largest absolute Gasteiger partial charge is 0.490 e. The molecule has 0 heterocycles. The second-order valence-corrected chi connectivity index (χ2v) is 8.18. The highest BCUT2D eigenvalue weighted by Crippen LogP contribution is 2.37. The van der Waals surface area contributed by atoms with Crippen molar-refractivity contribution in [2.24, 2.45) is 0 Å². The van der Waals surface area contributed by atoms with Crippen LogP contribution in [0, 0.1) is 5.82 Å². The molecule has 3 aromatic rings. The third kappa shape index (κ3) is 6.38. The van der Waals surface area contributed by atoms with Gasteiger partial charge < -0.3 is 14.2 Å². The van der Waals surface area contributed by atoms with Crippen LogP contribution in [0.4, 0.5) is 4.39 Å². The Morgan fingerprint density at radius 2 is 1.61 bits per heavy atom. The lowest BCUT2D eigenvalue weighted by Gasteiger charge is -2.27. The minimum Gasteiger partial charge on any atom is -0.490 e. The maximum Gasteiger partial charge on any atom is 0.165 e. The van der Waals surface area contributed by atoms with Crippen LogP contribution in [-0.4, -0.2) is 13.2 Å². The van der Waals surface area contributed by atoms with Crippen molar-refractivity contribution in [1.82, 2.24) is 0 Å². The second-order valence-electron chi connectivity index (χ2n) is 8.18. The van der Waals surface area contributed by atoms with E-state index in [1.807, 2.05) is 62.4 Å². The van der Waals surface area contributed by atoms with Crippen molar-refractivity contribution in [3.63, 3.8) is 0 Å². The van der Waals surface area contributed by atoms with Crippen LogP contribution in [0.25, 0.3) is 0 Å². The predicted molar refractivity (Wildman–Crippen MR) is 132 cm³/mol. The highest BCUT2D eigenvalue weighted by molar-refractivity contribution is 5.46. The van der Waals surface area contributed by atoms with Crippen LogP contribution in [0.15, 0.2) is 79.4 Å². The molecule has 0 saturated heterocycles. The van der Waals surface area contributed by atoms with Gasteiger partial charge in [0, 0.05) is 5.41 Å². The summed E-state index contributed by atoms with van der Waals surface area (Å²) in [6.45, 7) is 11.4. The topological polar surface area (TPSA) is 27.7 Å². The monoisotopic (exact) mass is 448 g/mol. The number of halogens is 1. The Hall–Kier alpha value is -3.27. The van der Waals surface area contributed by atoms with Gasteiger partial charge in [-0.05, 0) is 80.6 Å². The zero-order chi connectivity index (χ0) is 23.7. The molecule has 0 bridgehead atoms. The smallest absolute Gasteiger partial charge is 0.165 e. The Morgan fingerprint density at radius 1 is 0.879 bits per heavy atom. The molecule has 0 spiro atoms. The fraction of sp³-hybridized carbons (Fsp3) is 0.310. The standard InChI is InChI=1S/C29H33FO3/c1-5-29(4,23-16-18-26(31-6-2)28(21-23)32-7-3)19-11-12-22-15-17-25(30)27(20-22)33-24-13-9-8-10-14-24/h5,8-10,13-18,20-21H,1,6-7,11-12,19H2,2-4H3. The van der Waals surface area contributed by atoms with E-state index in [0.717, 1.165) is 41.9 Å². The maximum absolute atomic E-state index is 14.3. The van der Waals surface area contributed by atoms with E-state index in [4.69, 9.17) is 14.2 Å². The van der Waals surface area contributed by atoms with Gasteiger partial charge in [0.25, 0.3) is 0 Å². The SMILES string of the molecule is C=CC(C)(CCCc1ccc(F)c(Oc2ccccc2)c1)c1ccc(OCC)c(OCC)c1. The molecule has 0 aromatic heterocycles. The van der Waals surface area contributed by atoms with E-state index in [1.165, 1.54) is 6.07 Å². The molecule has 1 atom stereocenters. The summed E-state index contributed by atoms with van der Waals surface area (Å²) in [6, 6.07) is 20.5. The molecule has 3 aromatic carbocycles. The fourth-order valence-electron chi connectivity index (χ4n) is 3.83. The highest BCUT2D eigenvalue weighted by atomic mass is 19.1. The zero-order valence-corrected chi connectivity index (χ0v) is 19.8. The first-order chi connectivity index (χ1) is 16.0. The minimum atomic E-state index is -0.364. The Morgan fingerprint density at radius 3 is 2.30 bits per heavy atom. The fourth-order valence-corrected chi connectivity index (χ4v) is 3.83. The van der Waals surface area contributed by atoms with Gasteiger partial charge in [-0.25, -0.2) is 4.39 Å². The molecule has 0 N–H and O–H groups in total. The number of aryl methyl sites for hydroxylation is 1. The van der Waals surface area contributed by atoms with Crippen molar-refractivity contribution >= 4 is 0 Å². The molecule has 3 rings (SSSR count). The summed E-state index contributed by atoms with van der Waals surface area (Å²) >= 11 is 0. The van der Waals surface area contributed by atoms with E-state index in [2.05, 4.69) is 25.6 Å². The van der Waals surface area contributed by atoms with Crippen molar-refractivity contribution in [2.45, 2.75) is 45.4 Å². The lowest BCUT2D eigenvalue weighted by Crippen LogP contribution is -2.19. The molecule has 3 nitrogen and oxygen atoms in total. The van der Waals surface area contributed by atoms with Crippen LogP contribution in [0.5, 0.6) is 23.0 Å². The molecule has 0 fully saturated rings. The van der Waals surface area contributed by atoms with Crippen molar-refractivity contribution in [3.8, 4) is 23.0 Å². The number of allylic oxidation sites excluding steroid dienone is 1. The quantitative estimate of drug-likeness (QED) is 0.264. The lowest BCUT2D eigenvalue weighted by atomic mass is 9.78. The van der Waals surface area contributed by atoms with Gasteiger partial charge in [0.05, 0.1) is 13.2 Å². The number of benzene rings is 3. The van der Waals surface area contributed by atoms with Crippen molar-refractivity contribution in [2.75, 3.05) is 13.2 Å². The highest BCUT2D eigenvalue weighted by Gasteiger charge is 2.24. The van der Waals surface area contributed by atoms with Crippen LogP contribution >= 0.6 is 0 Å². The van der Waals surface area contributed by atoms with E-state index in [0.29, 0.717) is 19.0 Å². The van der Waals surface area contributed by atoms with Gasteiger partial charge in [0.2, 0.25) is 0 Å². The zero-order valence-electron chi connectivity index (χ0n) is 19.8. The van der Waals surface area contributed by atoms with Gasteiger partial charge in [-0.2, -0.15) is 0 Å². The first kappa shape index (κ1) is 24.4. The lowest BCUT2D eigenvalue weighted by molar-refractivity contribution is 0.287. The number of para-hydroxylation sites is 1. The van der Waals surface area contributed by atoms with Crippen molar-refractivity contribution in [3.05, 3.63) is 96.3 Å². The Balaban J connectivity index is 1.70. The second kappa shape index (κ2) is 11.6. The van der Waals surface area contributed by atoms with Crippen LogP contribution in [0.3, 0.4) is 0 Å². The Labute approximate surface area is 196 Å². The van der Waals surface area contributed by atoms with E-state index in [9.17, 15) is 4.39 Å². The maximum atomic E-state index is 14.3. The third-order valence-electron chi connectivity index (χ3n) is 5.78. The number of hydrogen-bond donors (Lipinski definition) is 0. The molecule has 0 aliphatic heterocycles. The normalized spacial score (nSPS) is 12.6. The van der Waals surface area contributed by atoms with Gasteiger partial charge in [-0.15, -0.1) is 6.58 Å². The summed E-state index contributed by atoms with van der Waals surface area (Å²) in [5.74, 6) is 2.01. The minimum absolute atomic E-state index is 0.222. The molecule has 4 heteroatoms. The van der Waals surface area contributed by atoms with Gasteiger partial charge in [-0.1, -0.05) is 43.3 Å². The number of rotatable bonds is 12. The molecule has 0 radical (unpaired) electrons. The molecule has 0 aliphatic rings. The van der Waals surface area contributed by atoms with Crippen LogP contribution in [0.1, 0.15) is 44.7 Å². The van der Waals surface area contributed by atoms with Gasteiger partial charge in [0.15, 0.2) is 23.1 Å². The summed E-state index contributed by atoms with van der Waals surface area (Å²) in [5.41, 5.74) is 1.95. The first-order valence-corrected chi connectivity index (χ1v) is 11.5. The van der Waals surface area contributed by atoms with Crippen molar-refractivity contribution in [1.29, 1.82) is 0 Å². The molecule has 0 amide bonds. The molecule has 0 aliphatic carbocycles.